The zero-order valence-corrected chi connectivity index (χ0v) is 27.0. The molecule has 4 aromatic carbocycles. The Labute approximate surface area is 291 Å². The van der Waals surface area contributed by atoms with Gasteiger partial charge in [-0.15, -0.1) is 0 Å². The number of benzene rings is 4. The second-order valence-electron chi connectivity index (χ2n) is 11.5. The van der Waals surface area contributed by atoms with Crippen molar-refractivity contribution >= 4 is 68.4 Å². The SMILES string of the molecule is C=Cc1ccc2c(c1)-c1nc-2nc2[n-]c(nc3nc(nc4[n-]c(n1)c1ccc(C=C)cc41)-c1ccc(C=C)cc1-3)c1ccc(C=C)cc21.[Co+2]. The first-order chi connectivity index (χ1) is 23.5. The Hall–Kier alpha value is -6.29. The van der Waals surface area contributed by atoms with Gasteiger partial charge in [-0.3, -0.25) is 0 Å². The number of rotatable bonds is 4. The average Bonchev–Trinajstić information content (AvgIpc) is 3.85. The molecule has 5 heterocycles. The van der Waals surface area contributed by atoms with Gasteiger partial charge in [-0.1, -0.05) is 99.2 Å². The Morgan fingerprint density at radius 3 is 1.08 bits per heavy atom. The standard InChI is InChI=1S/C40H24N8.Co/c1-5-21-9-13-25-29(17-21)37-41-33(25)46-38-31-19-23(7-3)11-15-27(31)35(43-38)48-40-32-20-24(8-4)12-16-28(32)36(44-40)47-39-30-18-22(6-2)10-14-26(30)34(42-39)45-37;/h5-20H,1-4H2;/q-2;+2. The molecule has 3 aromatic heterocycles. The quantitative estimate of drug-likeness (QED) is 0.182. The van der Waals surface area contributed by atoms with Crippen LogP contribution in [0.15, 0.2) is 99.1 Å². The van der Waals surface area contributed by atoms with Gasteiger partial charge in [0.1, 0.15) is 0 Å². The third-order valence-corrected chi connectivity index (χ3v) is 8.74. The van der Waals surface area contributed by atoms with E-state index in [0.717, 1.165) is 66.1 Å². The summed E-state index contributed by atoms with van der Waals surface area (Å²) in [4.78, 5) is 40.0. The van der Waals surface area contributed by atoms with Crippen LogP contribution in [0.2, 0.25) is 0 Å². The molecule has 8 bridgehead atoms. The number of aromatic nitrogens is 8. The van der Waals surface area contributed by atoms with E-state index in [1.807, 2.05) is 72.8 Å². The van der Waals surface area contributed by atoms with Crippen molar-refractivity contribution in [1.82, 2.24) is 39.9 Å². The fourth-order valence-corrected chi connectivity index (χ4v) is 6.24. The maximum atomic E-state index is 5.05. The van der Waals surface area contributed by atoms with Gasteiger partial charge in [-0.05, 0) is 68.1 Å². The molecule has 2 aliphatic rings. The molecule has 1 radical (unpaired) electrons. The van der Waals surface area contributed by atoms with Crippen molar-refractivity contribution in [3.05, 3.63) is 121 Å². The summed E-state index contributed by atoms with van der Waals surface area (Å²) in [7, 11) is 0. The first kappa shape index (κ1) is 30.1. The molecular formula is C40H24CoN8. The smallest absolute Gasteiger partial charge is 0.357 e. The molecule has 8 nitrogen and oxygen atoms in total. The average molecular weight is 676 g/mol. The third-order valence-electron chi connectivity index (χ3n) is 8.74. The number of nitrogens with zero attached hydrogens (tertiary/aromatic N) is 8. The van der Waals surface area contributed by atoms with Gasteiger partial charge in [-0.25, -0.2) is 9.97 Å². The molecule has 9 heteroatoms. The van der Waals surface area contributed by atoms with Crippen molar-refractivity contribution < 1.29 is 16.8 Å². The first-order valence-corrected chi connectivity index (χ1v) is 15.3. The second-order valence-corrected chi connectivity index (χ2v) is 11.5. The molecule has 0 N–H and O–H groups in total. The summed E-state index contributed by atoms with van der Waals surface area (Å²) < 4.78 is 0. The molecule has 0 spiro atoms. The molecule has 0 unspecified atom stereocenters. The molecular weight excluding hydrogens is 651 g/mol. The van der Waals surface area contributed by atoms with E-state index in [1.54, 1.807) is 24.3 Å². The first-order valence-electron chi connectivity index (χ1n) is 15.3. The zero-order valence-electron chi connectivity index (χ0n) is 26.0. The molecule has 0 fully saturated rings. The van der Waals surface area contributed by atoms with Gasteiger partial charge in [0.05, 0.1) is 23.3 Å². The Bertz CT molecular complexity index is 2580. The Morgan fingerprint density at radius 1 is 0.367 bits per heavy atom. The predicted molar refractivity (Wildman–Crippen MR) is 194 cm³/mol. The number of fused-ring (bicyclic) bond motifs is 20. The van der Waals surface area contributed by atoms with E-state index >= 15 is 0 Å². The molecule has 0 saturated carbocycles. The summed E-state index contributed by atoms with van der Waals surface area (Å²) in [6, 6.07) is 24.0. The fraction of sp³-hybridized carbons (Fsp3) is 0. The van der Waals surface area contributed by atoms with Gasteiger partial charge in [0.2, 0.25) is 0 Å². The van der Waals surface area contributed by atoms with Crippen molar-refractivity contribution in [2.24, 2.45) is 0 Å². The van der Waals surface area contributed by atoms with E-state index < -0.39 is 0 Å². The van der Waals surface area contributed by atoms with Crippen LogP contribution in [0, 0.1) is 0 Å². The monoisotopic (exact) mass is 675 g/mol. The second kappa shape index (κ2) is 11.4. The van der Waals surface area contributed by atoms with Gasteiger partial charge < -0.3 is 29.9 Å². The summed E-state index contributed by atoms with van der Waals surface area (Å²) >= 11 is 0. The fourth-order valence-electron chi connectivity index (χ4n) is 6.24. The van der Waals surface area contributed by atoms with Crippen LogP contribution in [-0.4, -0.2) is 29.9 Å². The molecule has 49 heavy (non-hydrogen) atoms. The van der Waals surface area contributed by atoms with Crippen molar-refractivity contribution in [3.63, 3.8) is 0 Å². The molecule has 0 amide bonds. The summed E-state index contributed by atoms with van der Waals surface area (Å²) in [5, 5.41) is 3.31. The van der Waals surface area contributed by atoms with E-state index in [1.165, 1.54) is 0 Å². The van der Waals surface area contributed by atoms with E-state index in [4.69, 9.17) is 39.9 Å². The zero-order chi connectivity index (χ0) is 32.5. The van der Waals surface area contributed by atoms with Crippen LogP contribution in [0.3, 0.4) is 0 Å². The van der Waals surface area contributed by atoms with Crippen molar-refractivity contribution in [3.8, 4) is 45.6 Å². The van der Waals surface area contributed by atoms with Crippen molar-refractivity contribution in [2.75, 3.05) is 0 Å². The molecule has 0 atom stereocenters. The van der Waals surface area contributed by atoms with E-state index in [2.05, 4.69) is 26.3 Å². The van der Waals surface area contributed by atoms with Crippen LogP contribution < -0.4 is 9.97 Å². The summed E-state index contributed by atoms with van der Waals surface area (Å²) in [5.74, 6) is 1.96. The molecule has 0 aliphatic carbocycles. The largest absolute Gasteiger partial charge is 2.00 e. The summed E-state index contributed by atoms with van der Waals surface area (Å²) in [6.45, 7) is 15.9. The van der Waals surface area contributed by atoms with Gasteiger partial charge in [0.25, 0.3) is 0 Å². The van der Waals surface area contributed by atoms with E-state index in [-0.39, 0.29) is 16.8 Å². The molecule has 0 saturated heterocycles. The minimum atomic E-state index is 0. The Balaban J connectivity index is 0.00000348. The minimum Gasteiger partial charge on any atom is -0.357 e. The van der Waals surface area contributed by atoms with E-state index in [0.29, 0.717) is 45.9 Å². The van der Waals surface area contributed by atoms with Crippen LogP contribution in [0.25, 0.3) is 114 Å². The summed E-state index contributed by atoms with van der Waals surface area (Å²) in [6.07, 6.45) is 7.19. The number of hydrogen-bond acceptors (Lipinski definition) is 6. The van der Waals surface area contributed by atoms with Crippen LogP contribution in [0.5, 0.6) is 0 Å². The van der Waals surface area contributed by atoms with Crippen LogP contribution in [0.1, 0.15) is 22.3 Å². The van der Waals surface area contributed by atoms with Crippen LogP contribution >= 0.6 is 0 Å². The number of hydrogen-bond donors (Lipinski definition) is 0. The van der Waals surface area contributed by atoms with E-state index in [9.17, 15) is 0 Å². The molecule has 233 valence electrons. The topological polar surface area (TPSA) is 106 Å². The van der Waals surface area contributed by atoms with Crippen LogP contribution in [-0.2, 0) is 16.8 Å². The molecule has 7 aromatic rings. The third kappa shape index (κ3) is 4.75. The Kier molecular flexibility index (Phi) is 7.02. The Morgan fingerprint density at radius 2 is 0.694 bits per heavy atom. The van der Waals surface area contributed by atoms with Gasteiger partial charge in [0.15, 0.2) is 0 Å². The summed E-state index contributed by atoms with van der Waals surface area (Å²) in [5.41, 5.74) is 9.03. The van der Waals surface area contributed by atoms with Crippen LogP contribution in [0.4, 0.5) is 0 Å². The van der Waals surface area contributed by atoms with Crippen molar-refractivity contribution in [1.29, 1.82) is 0 Å². The van der Waals surface area contributed by atoms with Gasteiger partial charge in [-0.2, -0.15) is 0 Å². The normalized spacial score (nSPS) is 11.4. The maximum Gasteiger partial charge on any atom is 2.00 e. The van der Waals surface area contributed by atoms with Gasteiger partial charge in [0, 0.05) is 44.8 Å². The van der Waals surface area contributed by atoms with Gasteiger partial charge >= 0.3 is 16.8 Å². The van der Waals surface area contributed by atoms with Crippen molar-refractivity contribution in [2.45, 2.75) is 0 Å². The minimum absolute atomic E-state index is 0. The molecule has 2 aliphatic heterocycles. The molecule has 9 rings (SSSR count). The predicted octanol–water partition coefficient (Wildman–Crippen LogP) is 8.70. The maximum absolute atomic E-state index is 5.05.